The summed E-state index contributed by atoms with van der Waals surface area (Å²) in [4.78, 5) is 0. The molecule has 0 radical (unpaired) electrons. The first-order chi connectivity index (χ1) is 7.98. The van der Waals surface area contributed by atoms with E-state index < -0.39 is 15.5 Å². The summed E-state index contributed by atoms with van der Waals surface area (Å²) in [6.07, 6.45) is 4.62. The van der Waals surface area contributed by atoms with Gasteiger partial charge in [0.1, 0.15) is 0 Å². The predicted molar refractivity (Wildman–Crippen MR) is 74.3 cm³/mol. The quantitative estimate of drug-likeness (QED) is 0.623. The number of benzene rings is 1. The molecule has 1 unspecified atom stereocenters. The predicted octanol–water partition coefficient (Wildman–Crippen LogP) is 5.72. The van der Waals surface area contributed by atoms with Crippen molar-refractivity contribution in [2.75, 3.05) is 0 Å². The average molecular weight is 285 g/mol. The van der Waals surface area contributed by atoms with E-state index in [9.17, 15) is 0 Å². The van der Waals surface area contributed by atoms with E-state index in [1.54, 1.807) is 0 Å². The first-order valence-corrected chi connectivity index (χ1v) is 11.3. The van der Waals surface area contributed by atoms with Gasteiger partial charge in [0, 0.05) is 0 Å². The summed E-state index contributed by atoms with van der Waals surface area (Å²) < 4.78 is 1.79. The molecule has 0 N–H and O–H groups in total. The first kappa shape index (κ1) is 13.4. The van der Waals surface area contributed by atoms with Crippen molar-refractivity contribution in [1.82, 2.24) is 0 Å². The summed E-state index contributed by atoms with van der Waals surface area (Å²) in [6.45, 7) is 9.23. The summed E-state index contributed by atoms with van der Waals surface area (Å²) in [5.41, 5.74) is 2.83. The Balaban J connectivity index is 2.45. The third-order valence-corrected chi connectivity index (χ3v) is 16.4. The molecule has 17 heavy (non-hydrogen) atoms. The molecule has 2 rings (SSSR count). The van der Waals surface area contributed by atoms with Crippen LogP contribution in [0.5, 0.6) is 0 Å². The molecule has 1 aliphatic rings. The molecule has 0 nitrogen and oxygen atoms in total. The normalized spacial score (nSPS) is 19.1. The molecule has 0 amide bonds. The topological polar surface area (TPSA) is 0 Å². The number of allylic oxidation sites excluding steroid dienone is 1. The molecule has 0 saturated carbocycles. The first-order valence-electron chi connectivity index (χ1n) is 6.44. The molecule has 0 aliphatic heterocycles. The van der Waals surface area contributed by atoms with Crippen molar-refractivity contribution in [3.8, 4) is 0 Å². The molecule has 0 aromatic heterocycles. The van der Waals surface area contributed by atoms with E-state index in [2.05, 4.69) is 64.1 Å². The van der Waals surface area contributed by atoms with Gasteiger partial charge in [-0.15, -0.1) is 0 Å². The van der Waals surface area contributed by atoms with Crippen molar-refractivity contribution in [3.63, 3.8) is 0 Å². The van der Waals surface area contributed by atoms with Gasteiger partial charge in [0.05, 0.1) is 0 Å². The van der Waals surface area contributed by atoms with Gasteiger partial charge in [0.15, 0.2) is 0 Å². The zero-order valence-electron chi connectivity index (χ0n) is 11.1. The molecule has 2 heteroatoms. The van der Waals surface area contributed by atoms with E-state index in [1.165, 1.54) is 11.1 Å². The van der Waals surface area contributed by atoms with E-state index in [4.69, 9.17) is 9.30 Å². The van der Waals surface area contributed by atoms with E-state index in [0.29, 0.717) is 12.7 Å². The summed E-state index contributed by atoms with van der Waals surface area (Å²) in [6, 6.07) is 8.71. The summed E-state index contributed by atoms with van der Waals surface area (Å²) in [5.74, 6) is 0. The van der Waals surface area contributed by atoms with Gasteiger partial charge < -0.3 is 0 Å². The van der Waals surface area contributed by atoms with Gasteiger partial charge in [-0.1, -0.05) is 0 Å². The second kappa shape index (κ2) is 4.92. The van der Waals surface area contributed by atoms with Crippen LogP contribution in [0.25, 0.3) is 6.08 Å². The second-order valence-corrected chi connectivity index (χ2v) is 15.5. The Bertz CT molecular complexity index is 426. The van der Waals surface area contributed by atoms with Gasteiger partial charge in [-0.25, -0.2) is 0 Å². The molecule has 1 aromatic carbocycles. The van der Waals surface area contributed by atoms with E-state index in [1.807, 2.05) is 0 Å². The minimum atomic E-state index is -2.41. The number of hydrogen-bond donors (Lipinski definition) is 0. The van der Waals surface area contributed by atoms with E-state index in [0.717, 1.165) is 0 Å². The van der Waals surface area contributed by atoms with Crippen LogP contribution in [0.4, 0.5) is 0 Å². The van der Waals surface area contributed by atoms with Crippen molar-refractivity contribution in [3.05, 3.63) is 41.5 Å². The molecule has 1 aliphatic carbocycles. The Morgan fingerprint density at radius 1 is 1.06 bits per heavy atom. The van der Waals surface area contributed by atoms with Crippen LogP contribution in [0.1, 0.15) is 43.0 Å². The third kappa shape index (κ3) is 2.16. The monoisotopic (exact) mass is 284 g/mol. The Kier molecular flexibility index (Phi) is 3.87. The maximum absolute atomic E-state index is 7.18. The molecule has 92 valence electrons. The van der Waals surface area contributed by atoms with Crippen molar-refractivity contribution in [2.24, 2.45) is 0 Å². The van der Waals surface area contributed by atoms with Crippen LogP contribution in [-0.4, -0.2) is 0 Å². The van der Waals surface area contributed by atoms with Gasteiger partial charge in [-0.05, 0) is 0 Å². The molecule has 0 fully saturated rings. The maximum atomic E-state index is 7.18. The zero-order valence-corrected chi connectivity index (χ0v) is 13.4. The number of fused-ring (bicyclic) bond motifs is 1. The second-order valence-electron chi connectivity index (χ2n) is 5.60. The van der Waals surface area contributed by atoms with Crippen LogP contribution in [-0.2, 0) is 15.5 Å². The average Bonchev–Trinajstić information content (AvgIpc) is 2.71. The Morgan fingerprint density at radius 2 is 1.65 bits per heavy atom. The summed E-state index contributed by atoms with van der Waals surface area (Å²) in [5, 5.41) is 0. The zero-order chi connectivity index (χ0) is 12.6. The van der Waals surface area contributed by atoms with Gasteiger partial charge in [-0.2, -0.15) is 0 Å². The standard InChI is InChI=1S/C9H7.2C3H7.ClH.Ti/c1-2-5-9-7-3-6-8(9)4-1;2*1-3-2;;/h1-7H;2*3H,1-2H3;1H;/q;;;;+1/p-1. The molecule has 1 atom stereocenters. The Hall–Kier alpha value is -0.0357. The fourth-order valence-electron chi connectivity index (χ4n) is 3.02. The number of rotatable bonds is 3. The van der Waals surface area contributed by atoms with Crippen molar-refractivity contribution < 1.29 is 15.5 Å². The SMILES string of the molecule is C[CH](C)[Ti]([Cl])([CH](C)C)[CH]1C=Cc2ccccc21. The molecule has 0 bridgehead atoms. The molecular weight excluding hydrogens is 263 g/mol. The minimum absolute atomic E-state index is 0.521. The van der Waals surface area contributed by atoms with E-state index >= 15 is 0 Å². The van der Waals surface area contributed by atoms with Gasteiger partial charge in [0.2, 0.25) is 0 Å². The molecule has 0 heterocycles. The fourth-order valence-corrected chi connectivity index (χ4v) is 9.90. The number of halogens is 1. The van der Waals surface area contributed by atoms with Crippen LogP contribution in [0.15, 0.2) is 30.3 Å². The van der Waals surface area contributed by atoms with Crippen LogP contribution >= 0.6 is 9.30 Å². The van der Waals surface area contributed by atoms with Gasteiger partial charge in [-0.3, -0.25) is 0 Å². The van der Waals surface area contributed by atoms with Crippen LogP contribution in [0, 0.1) is 0 Å². The van der Waals surface area contributed by atoms with Gasteiger partial charge in [0.25, 0.3) is 0 Å². The van der Waals surface area contributed by atoms with Crippen LogP contribution in [0.2, 0.25) is 8.45 Å². The fraction of sp³-hybridized carbons (Fsp3) is 0.467. The van der Waals surface area contributed by atoms with Crippen LogP contribution < -0.4 is 0 Å². The molecule has 0 spiro atoms. The molecule has 1 aromatic rings. The van der Waals surface area contributed by atoms with Crippen LogP contribution in [0.3, 0.4) is 0 Å². The molecular formula is C15H21ClTi. The van der Waals surface area contributed by atoms with Crippen molar-refractivity contribution in [2.45, 2.75) is 40.4 Å². The molecule has 0 saturated heterocycles. The van der Waals surface area contributed by atoms with E-state index in [-0.39, 0.29) is 0 Å². The Morgan fingerprint density at radius 3 is 2.24 bits per heavy atom. The van der Waals surface area contributed by atoms with Gasteiger partial charge >= 0.3 is 113 Å². The summed E-state index contributed by atoms with van der Waals surface area (Å²) >= 11 is -2.41. The van der Waals surface area contributed by atoms with Crippen molar-refractivity contribution >= 4 is 15.4 Å². The third-order valence-electron chi connectivity index (χ3n) is 4.05. The number of hydrogen-bond acceptors (Lipinski definition) is 0. The van der Waals surface area contributed by atoms with Crippen molar-refractivity contribution in [1.29, 1.82) is 0 Å². The summed E-state index contributed by atoms with van der Waals surface area (Å²) in [7, 11) is 7.18. The Labute approximate surface area is 112 Å².